The molecule has 3 aromatic rings. The number of carbonyl (C=O) groups excluding carboxylic acids is 3. The van der Waals surface area contributed by atoms with Crippen molar-refractivity contribution in [2.24, 2.45) is 11.8 Å². The monoisotopic (exact) mass is 668 g/mol. The van der Waals surface area contributed by atoms with Crippen LogP contribution in [0.2, 0.25) is 0 Å². The summed E-state index contributed by atoms with van der Waals surface area (Å²) >= 11 is 0. The van der Waals surface area contributed by atoms with Crippen LogP contribution in [0.4, 0.5) is 9.18 Å². The fourth-order valence-electron chi connectivity index (χ4n) is 6.29. The van der Waals surface area contributed by atoms with Crippen molar-refractivity contribution < 1.29 is 47.2 Å². The van der Waals surface area contributed by atoms with Gasteiger partial charge in [0.1, 0.15) is 6.54 Å². The Morgan fingerprint density at radius 2 is 1.67 bits per heavy atom. The second-order valence-electron chi connectivity index (χ2n) is 11.5. The lowest BCUT2D eigenvalue weighted by molar-refractivity contribution is -0.141. The van der Waals surface area contributed by atoms with Gasteiger partial charge in [-0.25, -0.2) is 9.59 Å². The van der Waals surface area contributed by atoms with E-state index in [2.05, 4.69) is 10.6 Å². The highest BCUT2D eigenvalue weighted by Gasteiger charge is 2.48. The lowest BCUT2D eigenvalue weighted by Crippen LogP contribution is -2.37. The number of esters is 1. The zero-order chi connectivity index (χ0) is 33.9. The Bertz CT molecular complexity index is 1850. The van der Waals surface area contributed by atoms with Crippen LogP contribution in [0.15, 0.2) is 40.1 Å². The summed E-state index contributed by atoms with van der Waals surface area (Å²) in [6.07, 6.45) is 1.49. The lowest BCUT2D eigenvalue weighted by Gasteiger charge is -2.34. The van der Waals surface area contributed by atoms with Crippen molar-refractivity contribution in [2.45, 2.75) is 31.7 Å². The molecule has 0 saturated carbocycles. The Hall–Kier alpha value is -5.54. The van der Waals surface area contributed by atoms with E-state index in [9.17, 15) is 28.4 Å². The lowest BCUT2D eigenvalue weighted by atomic mass is 9.67. The van der Waals surface area contributed by atoms with E-state index >= 15 is 0 Å². The number of hydrogen-bond acceptors (Lipinski definition) is 11. The number of benzene rings is 2. The first-order valence-electron chi connectivity index (χ1n) is 15.2. The Morgan fingerprint density at radius 1 is 0.979 bits per heavy atom. The fourth-order valence-corrected chi connectivity index (χ4v) is 6.29. The number of rotatable bonds is 11. The minimum Gasteiger partial charge on any atom is -0.493 e. The molecule has 1 aromatic heterocycles. The summed E-state index contributed by atoms with van der Waals surface area (Å²) in [6, 6.07) is 7.29. The van der Waals surface area contributed by atoms with Crippen molar-refractivity contribution in [3.05, 3.63) is 73.8 Å². The van der Waals surface area contributed by atoms with Gasteiger partial charge in [0.2, 0.25) is 24.3 Å². The number of unbranched alkanes of at least 4 members (excludes halogenated alkanes) is 1. The summed E-state index contributed by atoms with van der Waals surface area (Å²) in [5.74, 6) is -1.15. The Balaban J connectivity index is 1.08. The van der Waals surface area contributed by atoms with Crippen molar-refractivity contribution in [3.63, 3.8) is 0 Å². The first-order chi connectivity index (χ1) is 23.2. The third-order valence-electron chi connectivity index (χ3n) is 8.54. The predicted molar refractivity (Wildman–Crippen MR) is 163 cm³/mol. The number of aromatic amines is 1. The van der Waals surface area contributed by atoms with Crippen LogP contribution in [-0.2, 0) is 27.3 Å². The van der Waals surface area contributed by atoms with Gasteiger partial charge in [0.25, 0.3) is 5.56 Å². The number of carbonyl (C=O) groups is 3. The Labute approximate surface area is 272 Å². The molecule has 3 N–H and O–H groups in total. The number of methoxy groups -OCH3 is 2. The summed E-state index contributed by atoms with van der Waals surface area (Å²) in [6.45, 7) is 0.401. The van der Waals surface area contributed by atoms with Crippen LogP contribution in [0, 0.1) is 17.7 Å². The molecule has 0 unspecified atom stereocenters. The summed E-state index contributed by atoms with van der Waals surface area (Å²) in [5, 5.41) is 5.22. The number of nitrogens with one attached hydrogen (secondary N) is 3. The number of nitrogens with zero attached hydrogens (tertiary/aromatic N) is 1. The van der Waals surface area contributed by atoms with Crippen LogP contribution >= 0.6 is 0 Å². The number of amides is 2. The number of aromatic nitrogens is 2. The largest absolute Gasteiger partial charge is 0.493 e. The highest BCUT2D eigenvalue weighted by molar-refractivity contribution is 5.79. The number of H-pyrrole nitrogens is 1. The van der Waals surface area contributed by atoms with Gasteiger partial charge in [0.05, 0.1) is 32.9 Å². The van der Waals surface area contributed by atoms with Gasteiger partial charge in [0, 0.05) is 24.9 Å². The molecule has 48 heavy (non-hydrogen) atoms. The predicted octanol–water partition coefficient (Wildman–Crippen LogP) is 1.58. The molecule has 2 amide bonds. The van der Waals surface area contributed by atoms with E-state index in [1.165, 1.54) is 14.2 Å². The molecule has 0 radical (unpaired) electrons. The fraction of sp³-hybridized carbons (Fsp3) is 0.406. The number of halogens is 1. The smallest absolute Gasteiger partial charge is 0.412 e. The SMILES string of the molecule is COc1cc([C@@H]2c3cc4c(cc3C[C@H]3COC(=O)[C@@H]32)OCO4)cc(OC)c1OC(=O)NCCCCNC(=O)Cn1cc(F)c(=O)[nH]c1=O. The number of fused-ring (bicyclic) bond motifs is 3. The van der Waals surface area contributed by atoms with Crippen LogP contribution < -0.4 is 45.6 Å². The number of cyclic esters (lactones) is 1. The molecule has 6 rings (SSSR count). The molecular formula is C32H33FN4O11. The van der Waals surface area contributed by atoms with Gasteiger partial charge in [-0.3, -0.25) is 23.9 Å². The maximum atomic E-state index is 13.4. The van der Waals surface area contributed by atoms with Crippen molar-refractivity contribution >= 4 is 18.0 Å². The topological polar surface area (TPSA) is 186 Å². The highest BCUT2D eigenvalue weighted by atomic mass is 19.1. The summed E-state index contributed by atoms with van der Waals surface area (Å²) in [5.41, 5.74) is 0.586. The van der Waals surface area contributed by atoms with Gasteiger partial charge in [-0.2, -0.15) is 4.39 Å². The molecule has 3 aliphatic rings. The minimum atomic E-state index is -1.18. The zero-order valence-electron chi connectivity index (χ0n) is 26.1. The highest BCUT2D eigenvalue weighted by Crippen LogP contribution is 2.52. The van der Waals surface area contributed by atoms with Crippen molar-refractivity contribution in [2.75, 3.05) is 40.7 Å². The van der Waals surface area contributed by atoms with Crippen LogP contribution in [0.25, 0.3) is 0 Å². The van der Waals surface area contributed by atoms with Crippen LogP contribution in [0.1, 0.15) is 35.4 Å². The molecule has 254 valence electrons. The van der Waals surface area contributed by atoms with Gasteiger partial charge in [-0.05, 0) is 60.2 Å². The maximum Gasteiger partial charge on any atom is 0.412 e. The standard InChI is InChI=1S/C32H33FN4O11/c1-43-23-9-17(26-19-11-22-21(46-15-47-22)8-16(19)7-18-14-45-30(40)27(18)26)10-24(44-2)28(23)48-32(42)35-6-4-3-5-34-25(38)13-37-12-20(33)29(39)36-31(37)41/h8-12,18,26-27H,3-7,13-15H2,1-2H3,(H,34,38)(H,35,42)(H,36,39,41)/t18-,26+,27-/m0/s1. The number of hydrogen-bond donors (Lipinski definition) is 3. The molecule has 3 heterocycles. The van der Waals surface area contributed by atoms with E-state index in [1.807, 2.05) is 12.1 Å². The normalized spacial score (nSPS) is 18.7. The molecule has 1 saturated heterocycles. The molecule has 0 bridgehead atoms. The minimum absolute atomic E-state index is 0.0350. The first-order valence-corrected chi connectivity index (χ1v) is 15.2. The zero-order valence-corrected chi connectivity index (χ0v) is 26.1. The second-order valence-corrected chi connectivity index (χ2v) is 11.5. The van der Waals surface area contributed by atoms with E-state index in [-0.39, 0.29) is 49.0 Å². The second kappa shape index (κ2) is 13.7. The van der Waals surface area contributed by atoms with E-state index in [1.54, 1.807) is 17.1 Å². The average Bonchev–Trinajstić information content (AvgIpc) is 3.68. The third kappa shape index (κ3) is 6.50. The van der Waals surface area contributed by atoms with Gasteiger partial charge >= 0.3 is 17.8 Å². The molecule has 1 fully saturated rings. The van der Waals surface area contributed by atoms with E-state index in [4.69, 9.17) is 28.4 Å². The van der Waals surface area contributed by atoms with Gasteiger partial charge in [-0.1, -0.05) is 0 Å². The summed E-state index contributed by atoms with van der Waals surface area (Å²) < 4.78 is 47.7. The molecule has 1 aliphatic carbocycles. The van der Waals surface area contributed by atoms with Crippen LogP contribution in [0.5, 0.6) is 28.7 Å². The van der Waals surface area contributed by atoms with Gasteiger partial charge in [-0.15, -0.1) is 0 Å². The van der Waals surface area contributed by atoms with E-state index in [0.717, 1.165) is 15.7 Å². The molecular weight excluding hydrogens is 635 g/mol. The molecule has 0 spiro atoms. The van der Waals surface area contributed by atoms with Crippen LogP contribution in [-0.4, -0.2) is 68.2 Å². The van der Waals surface area contributed by atoms with E-state index < -0.39 is 47.4 Å². The Kier molecular flexibility index (Phi) is 9.23. The van der Waals surface area contributed by atoms with Crippen LogP contribution in [0.3, 0.4) is 0 Å². The van der Waals surface area contributed by atoms with Crippen molar-refractivity contribution in [3.8, 4) is 28.7 Å². The summed E-state index contributed by atoms with van der Waals surface area (Å²) in [4.78, 5) is 62.4. The molecule has 15 nitrogen and oxygen atoms in total. The molecule has 3 atom stereocenters. The quantitative estimate of drug-likeness (QED) is 0.199. The van der Waals surface area contributed by atoms with Crippen molar-refractivity contribution in [1.29, 1.82) is 0 Å². The van der Waals surface area contributed by atoms with Crippen molar-refractivity contribution in [1.82, 2.24) is 20.2 Å². The molecule has 2 aliphatic heterocycles. The third-order valence-corrected chi connectivity index (χ3v) is 8.54. The first kappa shape index (κ1) is 32.4. The van der Waals surface area contributed by atoms with Gasteiger partial charge < -0.3 is 39.1 Å². The molecule has 2 aromatic carbocycles. The van der Waals surface area contributed by atoms with E-state index in [0.29, 0.717) is 49.1 Å². The average molecular weight is 669 g/mol. The summed E-state index contributed by atoms with van der Waals surface area (Å²) in [7, 11) is 2.86. The maximum absolute atomic E-state index is 13.4. The molecule has 16 heteroatoms. The van der Waals surface area contributed by atoms with Gasteiger partial charge in [0.15, 0.2) is 23.0 Å². The number of ether oxygens (including phenoxy) is 6. The Morgan fingerprint density at radius 3 is 2.38 bits per heavy atom.